The van der Waals surface area contributed by atoms with Gasteiger partial charge in [-0.05, 0) is 71.6 Å². The highest BCUT2D eigenvalue weighted by molar-refractivity contribution is 6.16. The number of benzene rings is 5. The Morgan fingerprint density at radius 3 is 2.22 bits per heavy atom. The van der Waals surface area contributed by atoms with Crippen LogP contribution in [0.3, 0.4) is 0 Å². The molecule has 8 aromatic rings. The highest BCUT2D eigenvalue weighted by atomic mass is 16.5. The van der Waals surface area contributed by atoms with Gasteiger partial charge in [-0.2, -0.15) is 0 Å². The molecule has 0 saturated heterocycles. The fourth-order valence-corrected chi connectivity index (χ4v) is 7.39. The third kappa shape index (κ3) is 5.16. The largest absolute Gasteiger partial charge is 0.457 e. The molecule has 1 aliphatic rings. The molecule has 4 heterocycles. The maximum absolute atomic E-state index is 6.65. The van der Waals surface area contributed by atoms with Crippen LogP contribution in [0.5, 0.6) is 11.5 Å². The predicted octanol–water partition coefficient (Wildman–Crippen LogP) is 11.3. The molecule has 5 aromatic carbocycles. The molecule has 0 amide bonds. The molecule has 0 unspecified atom stereocenters. The third-order valence-electron chi connectivity index (χ3n) is 9.84. The lowest BCUT2D eigenvalue weighted by atomic mass is 9.85. The van der Waals surface area contributed by atoms with Crippen LogP contribution in [0.25, 0.3) is 38.8 Å². The Morgan fingerprint density at radius 2 is 1.41 bits per heavy atom. The molecule has 252 valence electrons. The lowest BCUT2D eigenvalue weighted by Crippen LogP contribution is -2.26. The second kappa shape index (κ2) is 11.7. The van der Waals surface area contributed by atoms with Gasteiger partial charge in [-0.25, -0.2) is 4.98 Å². The van der Waals surface area contributed by atoms with E-state index in [4.69, 9.17) is 14.1 Å². The van der Waals surface area contributed by atoms with Crippen molar-refractivity contribution in [3.8, 4) is 17.3 Å². The number of ether oxygens (including phenoxy) is 1. The van der Waals surface area contributed by atoms with Crippen LogP contribution in [0.2, 0.25) is 0 Å². The van der Waals surface area contributed by atoms with Crippen molar-refractivity contribution in [1.82, 2.24) is 9.55 Å². The highest BCUT2D eigenvalue weighted by Gasteiger charge is 2.31. The average Bonchev–Trinajstić information content (AvgIpc) is 3.80. The zero-order valence-electron chi connectivity index (χ0n) is 29.5. The van der Waals surface area contributed by atoms with Gasteiger partial charge in [0.05, 0.1) is 16.9 Å². The molecule has 7 heteroatoms. The van der Waals surface area contributed by atoms with Crippen LogP contribution >= 0.6 is 0 Å². The van der Waals surface area contributed by atoms with Gasteiger partial charge >= 0.3 is 0 Å². The SMILES string of the molecule is CN(C)c1ccnc(-n2c3cc(Oc4cccc(N5CN(c6ccccc6C(C)(C)C)c6ccccc65)c4)ccc3c3oc4ccccc4c32)c1. The van der Waals surface area contributed by atoms with Crippen LogP contribution < -0.4 is 19.4 Å². The molecule has 9 rings (SSSR count). The van der Waals surface area contributed by atoms with E-state index in [1.54, 1.807) is 0 Å². The summed E-state index contributed by atoms with van der Waals surface area (Å²) in [6.07, 6.45) is 1.86. The van der Waals surface area contributed by atoms with Crippen LogP contribution in [-0.2, 0) is 5.41 Å². The van der Waals surface area contributed by atoms with Crippen molar-refractivity contribution in [2.45, 2.75) is 26.2 Å². The third-order valence-corrected chi connectivity index (χ3v) is 9.84. The number of fused-ring (bicyclic) bond motifs is 6. The predicted molar refractivity (Wildman–Crippen MR) is 210 cm³/mol. The second-order valence-corrected chi connectivity index (χ2v) is 14.4. The fraction of sp³-hybridized carbons (Fsp3) is 0.159. The smallest absolute Gasteiger partial charge is 0.161 e. The number of aromatic nitrogens is 2. The Kier molecular flexibility index (Phi) is 7.07. The Balaban J connectivity index is 1.11. The summed E-state index contributed by atoms with van der Waals surface area (Å²) in [4.78, 5) is 11.7. The Hall–Kier alpha value is -6.21. The summed E-state index contributed by atoms with van der Waals surface area (Å²) >= 11 is 0. The lowest BCUT2D eigenvalue weighted by Gasteiger charge is -2.29. The number of nitrogens with zero attached hydrogens (tertiary/aromatic N) is 5. The van der Waals surface area contributed by atoms with Gasteiger partial charge < -0.3 is 23.9 Å². The topological polar surface area (TPSA) is 49.9 Å². The normalized spacial score (nSPS) is 13.0. The Labute approximate surface area is 297 Å². The van der Waals surface area contributed by atoms with Crippen LogP contribution in [0, 0.1) is 0 Å². The minimum Gasteiger partial charge on any atom is -0.457 e. The van der Waals surface area contributed by atoms with Gasteiger partial charge in [0.2, 0.25) is 0 Å². The molecular formula is C44H39N5O2. The summed E-state index contributed by atoms with van der Waals surface area (Å²) in [6, 6.07) is 44.2. The molecule has 0 atom stereocenters. The molecule has 0 bridgehead atoms. The maximum Gasteiger partial charge on any atom is 0.161 e. The first-order valence-corrected chi connectivity index (χ1v) is 17.4. The van der Waals surface area contributed by atoms with E-state index in [0.717, 1.165) is 61.7 Å². The number of para-hydroxylation sites is 4. The van der Waals surface area contributed by atoms with E-state index in [1.807, 2.05) is 56.7 Å². The van der Waals surface area contributed by atoms with Gasteiger partial charge in [0.15, 0.2) is 5.58 Å². The van der Waals surface area contributed by atoms with E-state index in [9.17, 15) is 0 Å². The number of furan rings is 1. The number of pyridine rings is 1. The number of anilines is 5. The zero-order valence-corrected chi connectivity index (χ0v) is 29.5. The molecule has 0 spiro atoms. The molecule has 51 heavy (non-hydrogen) atoms. The van der Waals surface area contributed by atoms with E-state index < -0.39 is 0 Å². The van der Waals surface area contributed by atoms with Gasteiger partial charge in [0, 0.05) is 66.3 Å². The Morgan fingerprint density at radius 1 is 0.686 bits per heavy atom. The molecule has 0 saturated carbocycles. The van der Waals surface area contributed by atoms with Gasteiger partial charge in [0.1, 0.15) is 35.1 Å². The van der Waals surface area contributed by atoms with E-state index in [-0.39, 0.29) is 5.41 Å². The van der Waals surface area contributed by atoms with Gasteiger partial charge in [-0.15, -0.1) is 0 Å². The van der Waals surface area contributed by atoms with E-state index in [2.05, 4.69) is 131 Å². The van der Waals surface area contributed by atoms with Crippen LogP contribution in [0.15, 0.2) is 138 Å². The fourth-order valence-electron chi connectivity index (χ4n) is 7.39. The van der Waals surface area contributed by atoms with Crippen molar-refractivity contribution in [3.05, 3.63) is 139 Å². The molecule has 0 radical (unpaired) electrons. The highest BCUT2D eigenvalue weighted by Crippen LogP contribution is 2.47. The van der Waals surface area contributed by atoms with E-state index >= 15 is 0 Å². The Bertz CT molecular complexity index is 2590. The molecule has 0 fully saturated rings. The number of hydrogen-bond acceptors (Lipinski definition) is 6. The zero-order chi connectivity index (χ0) is 34.9. The summed E-state index contributed by atoms with van der Waals surface area (Å²) in [5.41, 5.74) is 10.7. The van der Waals surface area contributed by atoms with E-state index in [0.29, 0.717) is 6.67 Å². The van der Waals surface area contributed by atoms with Gasteiger partial charge in [-0.1, -0.05) is 69.3 Å². The van der Waals surface area contributed by atoms with Crippen LogP contribution in [0.4, 0.5) is 28.4 Å². The summed E-state index contributed by atoms with van der Waals surface area (Å²) in [5, 5.41) is 2.05. The summed E-state index contributed by atoms with van der Waals surface area (Å²) in [7, 11) is 4.08. The first-order chi connectivity index (χ1) is 24.7. The average molecular weight is 670 g/mol. The van der Waals surface area contributed by atoms with Gasteiger partial charge in [0.25, 0.3) is 0 Å². The molecule has 7 nitrogen and oxygen atoms in total. The second-order valence-electron chi connectivity index (χ2n) is 14.4. The molecule has 0 N–H and O–H groups in total. The van der Waals surface area contributed by atoms with E-state index in [1.165, 1.54) is 22.6 Å². The molecule has 1 aliphatic heterocycles. The minimum atomic E-state index is 0.00848. The van der Waals surface area contributed by atoms with Crippen LogP contribution in [-0.4, -0.2) is 30.3 Å². The van der Waals surface area contributed by atoms with Crippen LogP contribution in [0.1, 0.15) is 26.3 Å². The van der Waals surface area contributed by atoms with Crippen molar-refractivity contribution >= 4 is 61.4 Å². The summed E-state index contributed by atoms with van der Waals surface area (Å²) < 4.78 is 15.3. The lowest BCUT2D eigenvalue weighted by molar-refractivity contribution is 0.483. The molecular weight excluding hydrogens is 631 g/mol. The van der Waals surface area contributed by atoms with Crippen molar-refractivity contribution in [1.29, 1.82) is 0 Å². The monoisotopic (exact) mass is 669 g/mol. The number of hydrogen-bond donors (Lipinski definition) is 0. The van der Waals surface area contributed by atoms with Crippen molar-refractivity contribution in [2.75, 3.05) is 35.5 Å². The summed E-state index contributed by atoms with van der Waals surface area (Å²) in [5.74, 6) is 2.31. The summed E-state index contributed by atoms with van der Waals surface area (Å²) in [6.45, 7) is 7.52. The maximum atomic E-state index is 6.65. The van der Waals surface area contributed by atoms with Crippen molar-refractivity contribution in [3.63, 3.8) is 0 Å². The first-order valence-electron chi connectivity index (χ1n) is 17.4. The first kappa shape index (κ1) is 30.8. The number of rotatable bonds is 6. The standard InChI is InChI=1S/C44H39N5O2/c1-44(2,3)35-16-7-8-17-36(35)48-28-47(37-18-9-10-19-38(37)48)30-13-12-14-31(25-30)50-32-21-22-33-39(27-32)49(41-26-29(46(4)5)23-24-45-41)42-34-15-6-11-20-40(34)51-43(33)42/h6-27H,28H2,1-5H3. The quantitative estimate of drug-likeness (QED) is 0.176. The minimum absolute atomic E-state index is 0.00848. The van der Waals surface area contributed by atoms with Crippen molar-refractivity contribution in [2.24, 2.45) is 0 Å². The van der Waals surface area contributed by atoms with Crippen molar-refractivity contribution < 1.29 is 9.15 Å². The molecule has 0 aliphatic carbocycles. The van der Waals surface area contributed by atoms with Gasteiger partial charge in [-0.3, -0.25) is 4.57 Å². The molecule has 3 aromatic heterocycles.